The monoisotopic (exact) mass is 488 g/mol. The molecule has 0 aliphatic rings. The van der Waals surface area contributed by atoms with E-state index in [1.807, 2.05) is 60.7 Å². The highest BCUT2D eigenvalue weighted by Crippen LogP contribution is 2.20. The van der Waals surface area contributed by atoms with Gasteiger partial charge in [0, 0.05) is 26.5 Å². The van der Waals surface area contributed by atoms with Crippen LogP contribution in [0.5, 0.6) is 0 Å². The third-order valence-corrected chi connectivity index (χ3v) is 5.71. The van der Waals surface area contributed by atoms with Gasteiger partial charge in [-0.3, -0.25) is 19.1 Å². The normalized spacial score (nSPS) is 10.9. The van der Waals surface area contributed by atoms with Crippen LogP contribution in [-0.4, -0.2) is 45.5 Å². The molecule has 2 aromatic carbocycles. The summed E-state index contributed by atoms with van der Waals surface area (Å²) >= 11 is 0. The molecule has 0 atom stereocenters. The van der Waals surface area contributed by atoms with Gasteiger partial charge in [0.2, 0.25) is 5.91 Å². The van der Waals surface area contributed by atoms with Crippen LogP contribution in [0.1, 0.15) is 17.5 Å². The molecule has 0 bridgehead atoms. The van der Waals surface area contributed by atoms with Crippen LogP contribution in [0, 0.1) is 0 Å². The van der Waals surface area contributed by atoms with Crippen LogP contribution in [0.3, 0.4) is 0 Å². The Morgan fingerprint density at radius 1 is 1.06 bits per heavy atom. The van der Waals surface area contributed by atoms with E-state index in [0.717, 1.165) is 11.3 Å². The highest BCUT2D eigenvalue weighted by atomic mass is 16.5. The Morgan fingerprint density at radius 2 is 1.75 bits per heavy atom. The van der Waals surface area contributed by atoms with Gasteiger partial charge >= 0.3 is 5.69 Å². The zero-order valence-electron chi connectivity index (χ0n) is 20.0. The van der Waals surface area contributed by atoms with Crippen molar-refractivity contribution in [2.45, 2.75) is 19.4 Å². The van der Waals surface area contributed by atoms with Gasteiger partial charge in [0.05, 0.1) is 24.8 Å². The molecule has 1 amide bonds. The number of nitrogens with one attached hydrogen (secondary N) is 1. The fraction of sp³-hybridized carbons (Fsp3) is 0.231. The summed E-state index contributed by atoms with van der Waals surface area (Å²) in [6, 6.07) is 18.8. The lowest BCUT2D eigenvalue weighted by Crippen LogP contribution is -2.42. The summed E-state index contributed by atoms with van der Waals surface area (Å²) in [7, 11) is 1.56. The fourth-order valence-electron chi connectivity index (χ4n) is 3.93. The number of nitrogen functional groups attached to an aromatic ring is 1. The van der Waals surface area contributed by atoms with Crippen molar-refractivity contribution in [3.63, 3.8) is 0 Å². The Bertz CT molecular complexity index is 1430. The number of aromatic amines is 1. The lowest BCUT2D eigenvalue weighted by Gasteiger charge is -2.24. The topological polar surface area (TPSA) is 128 Å². The van der Waals surface area contributed by atoms with E-state index in [4.69, 9.17) is 10.5 Å². The number of para-hydroxylation sites is 1. The van der Waals surface area contributed by atoms with Crippen molar-refractivity contribution in [1.29, 1.82) is 0 Å². The van der Waals surface area contributed by atoms with Gasteiger partial charge < -0.3 is 15.4 Å². The molecule has 0 aliphatic heterocycles. The average Bonchev–Trinajstić information content (AvgIpc) is 3.35. The van der Waals surface area contributed by atoms with Crippen molar-refractivity contribution in [2.75, 3.05) is 30.9 Å². The highest BCUT2D eigenvalue weighted by molar-refractivity contribution is 5.96. The maximum atomic E-state index is 13.5. The van der Waals surface area contributed by atoms with Crippen LogP contribution < -0.4 is 21.9 Å². The molecule has 2 heterocycles. The SMILES string of the molecule is COCCCN(C(=O)Cc1cnn(-c2ccccc2)c1)c1c(N)n(Cc2ccccc2)c(=O)[nH]c1=O. The number of aromatic nitrogens is 4. The Hall–Kier alpha value is -4.44. The summed E-state index contributed by atoms with van der Waals surface area (Å²) in [4.78, 5) is 42.6. The molecule has 0 saturated carbocycles. The van der Waals surface area contributed by atoms with Crippen molar-refractivity contribution < 1.29 is 9.53 Å². The fourth-order valence-corrected chi connectivity index (χ4v) is 3.93. The number of hydrogen-bond acceptors (Lipinski definition) is 6. The first kappa shape index (κ1) is 24.7. The summed E-state index contributed by atoms with van der Waals surface area (Å²) in [6.07, 6.45) is 3.85. The number of ether oxygens (including phenoxy) is 1. The summed E-state index contributed by atoms with van der Waals surface area (Å²) in [5.74, 6) is -0.417. The minimum Gasteiger partial charge on any atom is -0.385 e. The summed E-state index contributed by atoms with van der Waals surface area (Å²) in [5, 5.41) is 4.34. The summed E-state index contributed by atoms with van der Waals surface area (Å²) < 4.78 is 8.08. The van der Waals surface area contributed by atoms with Gasteiger partial charge in [-0.25, -0.2) is 9.48 Å². The van der Waals surface area contributed by atoms with Gasteiger partial charge in [-0.2, -0.15) is 5.10 Å². The molecule has 186 valence electrons. The molecular formula is C26H28N6O4. The quantitative estimate of drug-likeness (QED) is 0.329. The number of amides is 1. The summed E-state index contributed by atoms with van der Waals surface area (Å²) in [6.45, 7) is 0.729. The molecule has 0 spiro atoms. The van der Waals surface area contributed by atoms with Gasteiger partial charge in [0.25, 0.3) is 5.56 Å². The van der Waals surface area contributed by atoms with E-state index >= 15 is 0 Å². The molecule has 0 radical (unpaired) electrons. The predicted molar refractivity (Wildman–Crippen MR) is 137 cm³/mol. The first-order valence-electron chi connectivity index (χ1n) is 11.5. The minimum absolute atomic E-state index is 0.00346. The van der Waals surface area contributed by atoms with E-state index in [2.05, 4.69) is 10.1 Å². The van der Waals surface area contributed by atoms with Crippen molar-refractivity contribution >= 4 is 17.4 Å². The number of benzene rings is 2. The predicted octanol–water partition coefficient (Wildman–Crippen LogP) is 1.96. The molecule has 4 rings (SSSR count). The highest BCUT2D eigenvalue weighted by Gasteiger charge is 2.24. The molecule has 2 aromatic heterocycles. The van der Waals surface area contributed by atoms with Crippen LogP contribution in [0.2, 0.25) is 0 Å². The second-order valence-corrected chi connectivity index (χ2v) is 8.26. The zero-order chi connectivity index (χ0) is 25.5. The Kier molecular flexibility index (Phi) is 7.76. The molecule has 3 N–H and O–H groups in total. The van der Waals surface area contributed by atoms with Crippen molar-refractivity contribution in [2.24, 2.45) is 0 Å². The molecule has 0 saturated heterocycles. The molecule has 0 unspecified atom stereocenters. The van der Waals surface area contributed by atoms with E-state index in [1.54, 1.807) is 24.2 Å². The Labute approximate surface area is 207 Å². The number of anilines is 2. The van der Waals surface area contributed by atoms with Gasteiger partial charge in [0.1, 0.15) is 5.82 Å². The van der Waals surface area contributed by atoms with Crippen LogP contribution in [0.15, 0.2) is 82.6 Å². The van der Waals surface area contributed by atoms with Crippen LogP contribution in [0.4, 0.5) is 11.5 Å². The van der Waals surface area contributed by atoms with Gasteiger partial charge in [-0.15, -0.1) is 0 Å². The maximum absolute atomic E-state index is 13.5. The molecule has 0 fully saturated rings. The average molecular weight is 489 g/mol. The number of H-pyrrole nitrogens is 1. The van der Waals surface area contributed by atoms with Crippen molar-refractivity contribution in [1.82, 2.24) is 19.3 Å². The number of methoxy groups -OCH3 is 1. The molecular weight excluding hydrogens is 460 g/mol. The number of nitrogens with zero attached hydrogens (tertiary/aromatic N) is 4. The molecule has 4 aromatic rings. The van der Waals surface area contributed by atoms with E-state index in [9.17, 15) is 14.4 Å². The first-order chi connectivity index (χ1) is 17.5. The number of hydrogen-bond donors (Lipinski definition) is 2. The Morgan fingerprint density at radius 3 is 2.44 bits per heavy atom. The number of rotatable bonds is 10. The minimum atomic E-state index is -0.715. The maximum Gasteiger partial charge on any atom is 0.330 e. The lowest BCUT2D eigenvalue weighted by molar-refractivity contribution is -0.118. The Balaban J connectivity index is 1.66. The van der Waals surface area contributed by atoms with Gasteiger partial charge in [0.15, 0.2) is 5.69 Å². The standard InChI is InChI=1S/C26H28N6O4/c1-36-14-8-13-30(22(33)15-20-16-28-32(18-20)21-11-6-3-7-12-21)23-24(27)31(26(35)29-25(23)34)17-19-9-4-2-5-10-19/h2-7,9-12,16,18H,8,13-15,17,27H2,1H3,(H,29,34,35). The van der Waals surface area contributed by atoms with Crippen LogP contribution in [0.25, 0.3) is 5.69 Å². The largest absolute Gasteiger partial charge is 0.385 e. The van der Waals surface area contributed by atoms with Crippen molar-refractivity contribution in [3.05, 3.63) is 105 Å². The summed E-state index contributed by atoms with van der Waals surface area (Å²) in [5.41, 5.74) is 7.31. The van der Waals surface area contributed by atoms with Crippen LogP contribution >= 0.6 is 0 Å². The van der Waals surface area contributed by atoms with E-state index in [-0.39, 0.29) is 36.9 Å². The van der Waals surface area contributed by atoms with Crippen molar-refractivity contribution in [3.8, 4) is 5.69 Å². The third-order valence-electron chi connectivity index (χ3n) is 5.71. The second-order valence-electron chi connectivity index (χ2n) is 8.26. The second kappa shape index (κ2) is 11.3. The first-order valence-corrected chi connectivity index (χ1v) is 11.5. The van der Waals surface area contributed by atoms with E-state index in [0.29, 0.717) is 18.6 Å². The molecule has 0 aliphatic carbocycles. The van der Waals surface area contributed by atoms with E-state index < -0.39 is 11.2 Å². The zero-order valence-corrected chi connectivity index (χ0v) is 20.0. The van der Waals surface area contributed by atoms with E-state index in [1.165, 1.54) is 9.47 Å². The smallest absolute Gasteiger partial charge is 0.330 e. The number of nitrogens with two attached hydrogens (primary N) is 1. The third kappa shape index (κ3) is 5.61. The van der Waals surface area contributed by atoms with Gasteiger partial charge in [-0.1, -0.05) is 48.5 Å². The number of carbonyl (C=O) groups is 1. The number of carbonyl (C=O) groups excluding carboxylic acids is 1. The molecule has 10 heteroatoms. The van der Waals surface area contributed by atoms with Gasteiger partial charge in [-0.05, 0) is 29.7 Å². The molecule has 10 nitrogen and oxygen atoms in total. The molecule has 36 heavy (non-hydrogen) atoms. The lowest BCUT2D eigenvalue weighted by atomic mass is 10.2. The van der Waals surface area contributed by atoms with Crippen LogP contribution in [-0.2, 0) is 22.5 Å².